The van der Waals surface area contributed by atoms with E-state index in [-0.39, 0.29) is 30.8 Å². The van der Waals surface area contributed by atoms with Crippen molar-refractivity contribution in [3.8, 4) is 0 Å². The number of amides is 2. The van der Waals surface area contributed by atoms with E-state index in [0.717, 1.165) is 5.56 Å². The maximum Gasteiger partial charge on any atom is 0.223 e. The first-order valence-electron chi connectivity index (χ1n) is 7.96. The molecule has 2 aromatic carbocycles. The summed E-state index contributed by atoms with van der Waals surface area (Å²) in [6.45, 7) is 3.64. The minimum Gasteiger partial charge on any atom is -0.350 e. The van der Waals surface area contributed by atoms with Crippen LogP contribution in [0.5, 0.6) is 0 Å². The molecule has 2 rings (SSSR count). The lowest BCUT2D eigenvalue weighted by atomic mass is 10.1. The normalized spacial score (nSPS) is 11.7. The highest BCUT2D eigenvalue weighted by molar-refractivity contribution is 6.42. The molecule has 132 valence electrons. The van der Waals surface area contributed by atoms with Crippen molar-refractivity contribution in [2.45, 2.75) is 26.3 Å². The average molecular weight is 379 g/mol. The van der Waals surface area contributed by atoms with Crippen LogP contribution in [-0.2, 0) is 9.59 Å². The summed E-state index contributed by atoms with van der Waals surface area (Å²) in [7, 11) is 0. The molecule has 0 aliphatic carbocycles. The molecule has 6 heteroatoms. The first-order valence-corrected chi connectivity index (χ1v) is 8.71. The zero-order chi connectivity index (χ0) is 18.4. The van der Waals surface area contributed by atoms with Crippen molar-refractivity contribution in [2.75, 3.05) is 11.4 Å². The van der Waals surface area contributed by atoms with Gasteiger partial charge in [0.25, 0.3) is 0 Å². The van der Waals surface area contributed by atoms with Crippen LogP contribution in [0.15, 0.2) is 48.5 Å². The molecule has 0 aliphatic rings. The average Bonchev–Trinajstić information content (AvgIpc) is 2.58. The van der Waals surface area contributed by atoms with E-state index in [0.29, 0.717) is 15.7 Å². The molecule has 4 nitrogen and oxygen atoms in total. The number of benzene rings is 2. The number of halogens is 2. The van der Waals surface area contributed by atoms with Gasteiger partial charge in [0.05, 0.1) is 16.1 Å². The van der Waals surface area contributed by atoms with E-state index in [4.69, 9.17) is 23.2 Å². The molecule has 0 fully saturated rings. The molecule has 0 saturated carbocycles. The van der Waals surface area contributed by atoms with Crippen molar-refractivity contribution in [2.24, 2.45) is 0 Å². The topological polar surface area (TPSA) is 49.4 Å². The van der Waals surface area contributed by atoms with Crippen LogP contribution in [0.2, 0.25) is 10.0 Å². The summed E-state index contributed by atoms with van der Waals surface area (Å²) in [6, 6.07) is 14.6. The number of rotatable bonds is 6. The zero-order valence-corrected chi connectivity index (χ0v) is 15.6. The number of carbonyl (C=O) groups is 2. The number of nitrogens with one attached hydrogen (secondary N) is 1. The van der Waals surface area contributed by atoms with Crippen LogP contribution in [0.1, 0.15) is 31.9 Å². The molecule has 25 heavy (non-hydrogen) atoms. The Bertz CT molecular complexity index is 750. The van der Waals surface area contributed by atoms with Gasteiger partial charge in [0.2, 0.25) is 11.8 Å². The Morgan fingerprint density at radius 1 is 1.08 bits per heavy atom. The van der Waals surface area contributed by atoms with Crippen LogP contribution in [0.3, 0.4) is 0 Å². The van der Waals surface area contributed by atoms with Gasteiger partial charge in [-0.05, 0) is 30.7 Å². The third-order valence-corrected chi connectivity index (χ3v) is 4.57. The van der Waals surface area contributed by atoms with Gasteiger partial charge in [0.15, 0.2) is 0 Å². The van der Waals surface area contributed by atoms with E-state index in [2.05, 4.69) is 5.32 Å². The molecule has 2 aromatic rings. The van der Waals surface area contributed by atoms with Gasteiger partial charge in [0, 0.05) is 25.6 Å². The molecule has 0 radical (unpaired) electrons. The Balaban J connectivity index is 1.97. The second kappa shape index (κ2) is 8.88. The lowest BCUT2D eigenvalue weighted by Crippen LogP contribution is -2.34. The highest BCUT2D eigenvalue weighted by Crippen LogP contribution is 2.27. The third kappa shape index (κ3) is 5.48. The van der Waals surface area contributed by atoms with Gasteiger partial charge < -0.3 is 10.2 Å². The molecule has 0 spiro atoms. The van der Waals surface area contributed by atoms with Crippen molar-refractivity contribution < 1.29 is 9.59 Å². The van der Waals surface area contributed by atoms with E-state index in [9.17, 15) is 9.59 Å². The van der Waals surface area contributed by atoms with Gasteiger partial charge in [-0.15, -0.1) is 0 Å². The highest BCUT2D eigenvalue weighted by Gasteiger charge is 2.16. The molecular formula is C19H20Cl2N2O2. The quantitative estimate of drug-likeness (QED) is 0.797. The molecule has 1 atom stereocenters. The molecule has 0 bridgehead atoms. The van der Waals surface area contributed by atoms with Crippen LogP contribution >= 0.6 is 23.2 Å². The second-order valence-electron chi connectivity index (χ2n) is 5.72. The zero-order valence-electron chi connectivity index (χ0n) is 14.1. The number of nitrogens with zero attached hydrogens (tertiary/aromatic N) is 1. The Labute approximate surface area is 157 Å². The summed E-state index contributed by atoms with van der Waals surface area (Å²) in [6.07, 6.45) is 0.191. The number of hydrogen-bond acceptors (Lipinski definition) is 2. The summed E-state index contributed by atoms with van der Waals surface area (Å²) in [5.41, 5.74) is 1.65. The monoisotopic (exact) mass is 378 g/mol. The van der Waals surface area contributed by atoms with Crippen molar-refractivity contribution in [3.63, 3.8) is 0 Å². The van der Waals surface area contributed by atoms with Gasteiger partial charge in [-0.1, -0.05) is 53.5 Å². The molecular weight excluding hydrogens is 359 g/mol. The molecule has 1 unspecified atom stereocenters. The second-order valence-corrected chi connectivity index (χ2v) is 6.53. The molecule has 2 amide bonds. The van der Waals surface area contributed by atoms with Gasteiger partial charge in [-0.25, -0.2) is 0 Å². The van der Waals surface area contributed by atoms with E-state index in [1.807, 2.05) is 37.3 Å². The van der Waals surface area contributed by atoms with Crippen LogP contribution in [0.25, 0.3) is 0 Å². The number of hydrogen-bond donors (Lipinski definition) is 1. The van der Waals surface area contributed by atoms with Crippen LogP contribution in [0, 0.1) is 0 Å². The third-order valence-electron chi connectivity index (χ3n) is 3.83. The number of anilines is 1. The number of carbonyl (C=O) groups excluding carboxylic acids is 2. The Kier molecular flexibility index (Phi) is 6.85. The van der Waals surface area contributed by atoms with Gasteiger partial charge >= 0.3 is 0 Å². The lowest BCUT2D eigenvalue weighted by Gasteiger charge is -2.22. The minimum atomic E-state index is -0.165. The van der Waals surface area contributed by atoms with E-state index in [1.165, 1.54) is 11.8 Å². The van der Waals surface area contributed by atoms with Crippen LogP contribution < -0.4 is 10.2 Å². The molecule has 0 aromatic heterocycles. The Morgan fingerprint density at radius 3 is 2.36 bits per heavy atom. The molecule has 0 saturated heterocycles. The first kappa shape index (κ1) is 19.3. The highest BCUT2D eigenvalue weighted by atomic mass is 35.5. The van der Waals surface area contributed by atoms with Gasteiger partial charge in [0.1, 0.15) is 0 Å². The summed E-state index contributed by atoms with van der Waals surface area (Å²) in [5.74, 6) is -0.287. The van der Waals surface area contributed by atoms with Crippen molar-refractivity contribution in [1.82, 2.24) is 5.32 Å². The standard InChI is InChI=1S/C19H20Cl2N2O2/c1-13(15-6-4-3-5-7-15)22-19(25)10-11-23(14(2)24)16-8-9-17(20)18(21)12-16/h3-9,12-13H,10-11H2,1-2H3,(H,22,25). The summed E-state index contributed by atoms with van der Waals surface area (Å²) in [4.78, 5) is 25.6. The predicted molar refractivity (Wildman–Crippen MR) is 102 cm³/mol. The summed E-state index contributed by atoms with van der Waals surface area (Å²) < 4.78 is 0. The van der Waals surface area contributed by atoms with Gasteiger partial charge in [-0.3, -0.25) is 9.59 Å². The fourth-order valence-electron chi connectivity index (χ4n) is 2.47. The Morgan fingerprint density at radius 2 is 1.76 bits per heavy atom. The van der Waals surface area contributed by atoms with Crippen LogP contribution in [0.4, 0.5) is 5.69 Å². The van der Waals surface area contributed by atoms with Crippen LogP contribution in [-0.4, -0.2) is 18.4 Å². The largest absolute Gasteiger partial charge is 0.350 e. The molecule has 1 N–H and O–H groups in total. The SMILES string of the molecule is CC(=O)N(CCC(=O)NC(C)c1ccccc1)c1ccc(Cl)c(Cl)c1. The predicted octanol–water partition coefficient (Wildman–Crippen LogP) is 4.61. The van der Waals surface area contributed by atoms with E-state index >= 15 is 0 Å². The summed E-state index contributed by atoms with van der Waals surface area (Å²) in [5, 5.41) is 3.73. The fourth-order valence-corrected chi connectivity index (χ4v) is 2.77. The lowest BCUT2D eigenvalue weighted by molar-refractivity contribution is -0.121. The van der Waals surface area contributed by atoms with E-state index < -0.39 is 0 Å². The smallest absolute Gasteiger partial charge is 0.223 e. The Hall–Kier alpha value is -2.04. The van der Waals surface area contributed by atoms with Crippen molar-refractivity contribution in [1.29, 1.82) is 0 Å². The molecule has 0 heterocycles. The van der Waals surface area contributed by atoms with E-state index in [1.54, 1.807) is 18.2 Å². The van der Waals surface area contributed by atoms with Crippen molar-refractivity contribution >= 4 is 40.7 Å². The first-order chi connectivity index (χ1) is 11.9. The van der Waals surface area contributed by atoms with Crippen molar-refractivity contribution in [3.05, 3.63) is 64.1 Å². The summed E-state index contributed by atoms with van der Waals surface area (Å²) >= 11 is 11.9. The molecule has 0 aliphatic heterocycles. The maximum atomic E-state index is 12.2. The fraction of sp³-hybridized carbons (Fsp3) is 0.263. The maximum absolute atomic E-state index is 12.2. The van der Waals surface area contributed by atoms with Gasteiger partial charge in [-0.2, -0.15) is 0 Å². The minimum absolute atomic E-state index is 0.0931.